The lowest BCUT2D eigenvalue weighted by molar-refractivity contribution is -0.144. The Morgan fingerprint density at radius 2 is 1.62 bits per heavy atom. The quantitative estimate of drug-likeness (QED) is 0.582. The average molecular weight is 417 g/mol. The van der Waals surface area contributed by atoms with E-state index in [4.69, 9.17) is 11.6 Å². The van der Waals surface area contributed by atoms with Crippen LogP contribution in [0.15, 0.2) is 18.2 Å². The van der Waals surface area contributed by atoms with Gasteiger partial charge in [0.05, 0.1) is 17.5 Å². The second-order valence-electron chi connectivity index (χ2n) is 9.09. The number of imide groups is 1. The van der Waals surface area contributed by atoms with E-state index in [1.54, 1.807) is 17.0 Å². The second-order valence-corrected chi connectivity index (χ2v) is 9.52. The molecule has 2 N–H and O–H groups in total. The minimum absolute atomic E-state index is 0.0474. The third kappa shape index (κ3) is 3.03. The number of likely N-dealkylation sites (tertiary alicyclic amines) is 1. The molecule has 1 heterocycles. The number of nitrogens with one attached hydrogen (secondary N) is 1. The molecule has 154 valence electrons. The first kappa shape index (κ1) is 18.9. The third-order valence-electron chi connectivity index (χ3n) is 7.61. The summed E-state index contributed by atoms with van der Waals surface area (Å²) in [6.07, 6.45) is 5.81. The number of phenols is 1. The molecule has 1 aromatic carbocycles. The fraction of sp³-hybridized carbons (Fsp3) is 0.591. The summed E-state index contributed by atoms with van der Waals surface area (Å²) in [4.78, 5) is 40.2. The predicted molar refractivity (Wildman–Crippen MR) is 107 cm³/mol. The molecule has 0 aromatic heterocycles. The van der Waals surface area contributed by atoms with E-state index >= 15 is 0 Å². The first-order valence-corrected chi connectivity index (χ1v) is 11.0. The molecular weight excluding hydrogens is 392 g/mol. The van der Waals surface area contributed by atoms with E-state index in [9.17, 15) is 19.5 Å². The fourth-order valence-electron chi connectivity index (χ4n) is 6.23. The maximum atomic E-state index is 13.0. The van der Waals surface area contributed by atoms with Crippen LogP contribution >= 0.6 is 11.6 Å². The van der Waals surface area contributed by atoms with Gasteiger partial charge in [0.25, 0.3) is 0 Å². The Balaban J connectivity index is 1.21. The molecule has 7 heteroatoms. The van der Waals surface area contributed by atoms with E-state index in [0.717, 1.165) is 19.3 Å². The molecule has 0 spiro atoms. The molecule has 1 aliphatic heterocycles. The largest absolute Gasteiger partial charge is 0.506 e. The molecule has 4 fully saturated rings. The Labute approximate surface area is 174 Å². The molecule has 6 nitrogen and oxygen atoms in total. The molecule has 0 unspecified atom stereocenters. The van der Waals surface area contributed by atoms with Crippen LogP contribution in [0.5, 0.6) is 5.75 Å². The van der Waals surface area contributed by atoms with Crippen LogP contribution in [-0.2, 0) is 14.4 Å². The lowest BCUT2D eigenvalue weighted by Crippen LogP contribution is -2.44. The van der Waals surface area contributed by atoms with Gasteiger partial charge < -0.3 is 10.4 Å². The molecule has 4 atom stereocenters. The van der Waals surface area contributed by atoms with Crippen molar-refractivity contribution < 1.29 is 19.5 Å². The summed E-state index contributed by atoms with van der Waals surface area (Å²) < 4.78 is 0. The molecule has 2 bridgehead atoms. The summed E-state index contributed by atoms with van der Waals surface area (Å²) in [5, 5.41) is 13.1. The lowest BCUT2D eigenvalue weighted by Gasteiger charge is -2.33. The minimum atomic E-state index is -0.190. The van der Waals surface area contributed by atoms with Crippen molar-refractivity contribution in [1.82, 2.24) is 4.90 Å². The SMILES string of the molecule is O=C(Nc1ccc(Cl)cc1O)C1CCC(N2C(=O)[C@@H]3[C@@H]4CC[C@H](C4)[C@@H]3C2=O)CC1. The normalized spacial score (nSPS) is 35.8. The first-order chi connectivity index (χ1) is 13.9. The number of hydrogen-bond acceptors (Lipinski definition) is 4. The van der Waals surface area contributed by atoms with E-state index in [-0.39, 0.29) is 47.3 Å². The van der Waals surface area contributed by atoms with Crippen LogP contribution in [-0.4, -0.2) is 33.8 Å². The molecule has 1 aromatic rings. The van der Waals surface area contributed by atoms with E-state index in [1.807, 2.05) is 0 Å². The molecule has 0 radical (unpaired) electrons. The van der Waals surface area contributed by atoms with Gasteiger partial charge in [-0.1, -0.05) is 11.6 Å². The number of carbonyl (C=O) groups is 3. The van der Waals surface area contributed by atoms with Crippen LogP contribution in [0.2, 0.25) is 5.02 Å². The number of nitrogens with zero attached hydrogens (tertiary/aromatic N) is 1. The van der Waals surface area contributed by atoms with Gasteiger partial charge in [0.2, 0.25) is 17.7 Å². The van der Waals surface area contributed by atoms with E-state index in [2.05, 4.69) is 5.32 Å². The van der Waals surface area contributed by atoms with Crippen LogP contribution in [0, 0.1) is 29.6 Å². The van der Waals surface area contributed by atoms with E-state index in [1.165, 1.54) is 6.07 Å². The number of halogens is 1. The smallest absolute Gasteiger partial charge is 0.233 e. The highest BCUT2D eigenvalue weighted by Crippen LogP contribution is 2.56. The van der Waals surface area contributed by atoms with Crippen molar-refractivity contribution in [3.63, 3.8) is 0 Å². The van der Waals surface area contributed by atoms with Gasteiger partial charge in [0, 0.05) is 23.0 Å². The van der Waals surface area contributed by atoms with Gasteiger partial charge in [-0.25, -0.2) is 0 Å². The van der Waals surface area contributed by atoms with Crippen LogP contribution in [0.4, 0.5) is 5.69 Å². The highest BCUT2D eigenvalue weighted by Gasteiger charge is 2.61. The highest BCUT2D eigenvalue weighted by molar-refractivity contribution is 6.30. The maximum absolute atomic E-state index is 13.0. The molecule has 3 amide bonds. The molecule has 1 saturated heterocycles. The van der Waals surface area contributed by atoms with Crippen LogP contribution < -0.4 is 5.32 Å². The monoisotopic (exact) mass is 416 g/mol. The molecule has 3 saturated carbocycles. The van der Waals surface area contributed by atoms with Crippen molar-refractivity contribution in [3.05, 3.63) is 23.2 Å². The van der Waals surface area contributed by atoms with Crippen molar-refractivity contribution in [2.75, 3.05) is 5.32 Å². The van der Waals surface area contributed by atoms with Crippen molar-refractivity contribution in [1.29, 1.82) is 0 Å². The highest BCUT2D eigenvalue weighted by atomic mass is 35.5. The first-order valence-electron chi connectivity index (χ1n) is 10.6. The number of carbonyl (C=O) groups excluding carboxylic acids is 3. The molecule has 29 heavy (non-hydrogen) atoms. The number of amides is 3. The number of hydrogen-bond donors (Lipinski definition) is 2. The van der Waals surface area contributed by atoms with Gasteiger partial charge in [0.15, 0.2) is 0 Å². The Morgan fingerprint density at radius 3 is 2.21 bits per heavy atom. The molecule has 3 aliphatic carbocycles. The number of aromatic hydroxyl groups is 1. The Kier molecular flexibility index (Phi) is 4.57. The topological polar surface area (TPSA) is 86.7 Å². The number of fused-ring (bicyclic) bond motifs is 5. The van der Waals surface area contributed by atoms with Crippen LogP contribution in [0.1, 0.15) is 44.9 Å². The summed E-state index contributed by atoms with van der Waals surface area (Å²) in [7, 11) is 0. The standard InChI is InChI=1S/C22H25ClN2O4/c23-14-5-8-16(17(26)10-14)24-20(27)11-3-6-15(7-4-11)25-21(28)18-12-1-2-13(9-12)19(18)22(25)29/h5,8,10-13,15,18-19,26H,1-4,6-7,9H2,(H,24,27)/t11?,12-,13-,15?,18-,19+/m1/s1. The fourth-order valence-corrected chi connectivity index (χ4v) is 6.40. The molecular formula is C22H25ClN2O4. The Morgan fingerprint density at radius 1 is 1.00 bits per heavy atom. The number of rotatable bonds is 3. The van der Waals surface area contributed by atoms with Gasteiger partial charge in [-0.2, -0.15) is 0 Å². The molecule has 4 aliphatic rings. The van der Waals surface area contributed by atoms with Crippen molar-refractivity contribution >= 4 is 35.0 Å². The second kappa shape index (κ2) is 7.01. The van der Waals surface area contributed by atoms with Gasteiger partial charge in [-0.3, -0.25) is 19.3 Å². The number of phenolic OH excluding ortho intramolecular Hbond substituents is 1. The zero-order valence-corrected chi connectivity index (χ0v) is 16.9. The minimum Gasteiger partial charge on any atom is -0.506 e. The average Bonchev–Trinajstić information content (AvgIpc) is 3.38. The van der Waals surface area contributed by atoms with Gasteiger partial charge in [0.1, 0.15) is 5.75 Å². The van der Waals surface area contributed by atoms with E-state index < -0.39 is 0 Å². The van der Waals surface area contributed by atoms with E-state index in [0.29, 0.717) is 48.2 Å². The molecule has 5 rings (SSSR count). The zero-order chi connectivity index (χ0) is 20.3. The lowest BCUT2D eigenvalue weighted by atomic mass is 9.81. The van der Waals surface area contributed by atoms with Gasteiger partial charge in [-0.05, 0) is 68.9 Å². The predicted octanol–water partition coefficient (Wildman–Crippen LogP) is 3.57. The van der Waals surface area contributed by atoms with Crippen molar-refractivity contribution in [2.24, 2.45) is 29.6 Å². The Hall–Kier alpha value is -2.08. The summed E-state index contributed by atoms with van der Waals surface area (Å²) >= 11 is 5.83. The van der Waals surface area contributed by atoms with Crippen LogP contribution in [0.25, 0.3) is 0 Å². The van der Waals surface area contributed by atoms with Crippen molar-refractivity contribution in [3.8, 4) is 5.75 Å². The maximum Gasteiger partial charge on any atom is 0.233 e. The summed E-state index contributed by atoms with van der Waals surface area (Å²) in [6.45, 7) is 0. The van der Waals surface area contributed by atoms with Crippen LogP contribution in [0.3, 0.4) is 0 Å². The van der Waals surface area contributed by atoms with Gasteiger partial charge in [-0.15, -0.1) is 0 Å². The number of benzene rings is 1. The van der Waals surface area contributed by atoms with Crippen molar-refractivity contribution in [2.45, 2.75) is 51.0 Å². The third-order valence-corrected chi connectivity index (χ3v) is 7.85. The number of anilines is 1. The summed E-state index contributed by atoms with van der Waals surface area (Å²) in [5.41, 5.74) is 0.342. The Bertz CT molecular complexity index is 852. The summed E-state index contributed by atoms with van der Waals surface area (Å²) in [5.74, 6) is 0.359. The summed E-state index contributed by atoms with van der Waals surface area (Å²) in [6, 6.07) is 4.51. The zero-order valence-electron chi connectivity index (χ0n) is 16.1. The van der Waals surface area contributed by atoms with Gasteiger partial charge >= 0.3 is 0 Å².